The summed E-state index contributed by atoms with van der Waals surface area (Å²) in [5.74, 6) is 1.45. The fraction of sp³-hybridized carbons (Fsp3) is 1.00. The lowest BCUT2D eigenvalue weighted by Gasteiger charge is -2.24. The van der Waals surface area contributed by atoms with Crippen LogP contribution in [0.5, 0.6) is 0 Å². The summed E-state index contributed by atoms with van der Waals surface area (Å²) in [5.41, 5.74) is 0. The van der Waals surface area contributed by atoms with E-state index in [2.05, 4.69) is 4.90 Å². The van der Waals surface area contributed by atoms with Crippen LogP contribution in [-0.2, 0) is 0 Å². The van der Waals surface area contributed by atoms with Crippen LogP contribution < -0.4 is 0 Å². The lowest BCUT2D eigenvalue weighted by atomic mass is 10.00. The average molecular weight is 195 g/mol. The van der Waals surface area contributed by atoms with E-state index in [1.54, 1.807) is 0 Å². The minimum Gasteiger partial charge on any atom is -0.393 e. The van der Waals surface area contributed by atoms with E-state index in [0.29, 0.717) is 5.92 Å². The molecule has 2 nitrogen and oxygen atoms in total. The first-order valence-electron chi connectivity index (χ1n) is 6.27. The standard InChI is InChI=1S/C12H21NO/c14-12-6-5-9-7-13(8-11(9)12)10-3-1-2-4-10/h9-12,14H,1-8H2. The second-order valence-electron chi connectivity index (χ2n) is 5.46. The molecule has 1 aliphatic heterocycles. The van der Waals surface area contributed by atoms with Gasteiger partial charge in [-0.25, -0.2) is 0 Å². The minimum atomic E-state index is 0.0198. The number of rotatable bonds is 1. The van der Waals surface area contributed by atoms with Gasteiger partial charge in [-0.05, 0) is 31.6 Å². The van der Waals surface area contributed by atoms with Gasteiger partial charge in [0.1, 0.15) is 0 Å². The third kappa shape index (κ3) is 1.40. The molecule has 1 saturated heterocycles. The van der Waals surface area contributed by atoms with Crippen LogP contribution in [0.15, 0.2) is 0 Å². The predicted molar refractivity (Wildman–Crippen MR) is 56.0 cm³/mol. The molecular formula is C12H21NO. The Morgan fingerprint density at radius 2 is 1.71 bits per heavy atom. The molecule has 14 heavy (non-hydrogen) atoms. The molecule has 3 fully saturated rings. The van der Waals surface area contributed by atoms with Gasteiger partial charge in [0.2, 0.25) is 0 Å². The van der Waals surface area contributed by atoms with Crippen molar-refractivity contribution >= 4 is 0 Å². The van der Waals surface area contributed by atoms with Crippen LogP contribution in [0.1, 0.15) is 38.5 Å². The van der Waals surface area contributed by atoms with Crippen molar-refractivity contribution in [1.29, 1.82) is 0 Å². The molecule has 2 aliphatic carbocycles. The molecule has 2 saturated carbocycles. The molecule has 80 valence electrons. The van der Waals surface area contributed by atoms with Crippen LogP contribution in [0.3, 0.4) is 0 Å². The van der Waals surface area contributed by atoms with Gasteiger partial charge >= 0.3 is 0 Å². The van der Waals surface area contributed by atoms with E-state index >= 15 is 0 Å². The summed E-state index contributed by atoms with van der Waals surface area (Å²) in [7, 11) is 0. The summed E-state index contributed by atoms with van der Waals surface area (Å²) in [4.78, 5) is 2.67. The Morgan fingerprint density at radius 3 is 2.43 bits per heavy atom. The second kappa shape index (κ2) is 3.49. The van der Waals surface area contributed by atoms with Crippen LogP contribution in [0, 0.1) is 11.8 Å². The lowest BCUT2D eigenvalue weighted by Crippen LogP contribution is -2.32. The quantitative estimate of drug-likeness (QED) is 0.687. The number of nitrogens with zero attached hydrogens (tertiary/aromatic N) is 1. The van der Waals surface area contributed by atoms with E-state index in [1.165, 1.54) is 45.2 Å². The largest absolute Gasteiger partial charge is 0.393 e. The molecule has 3 aliphatic rings. The van der Waals surface area contributed by atoms with Gasteiger partial charge in [0, 0.05) is 25.0 Å². The van der Waals surface area contributed by atoms with Crippen molar-refractivity contribution in [2.24, 2.45) is 11.8 Å². The van der Waals surface area contributed by atoms with Crippen LogP contribution in [-0.4, -0.2) is 35.2 Å². The van der Waals surface area contributed by atoms with Crippen molar-refractivity contribution in [2.45, 2.75) is 50.7 Å². The van der Waals surface area contributed by atoms with E-state index < -0.39 is 0 Å². The highest BCUT2D eigenvalue weighted by molar-refractivity contribution is 4.96. The molecule has 0 aromatic carbocycles. The van der Waals surface area contributed by atoms with Crippen molar-refractivity contribution in [1.82, 2.24) is 4.90 Å². The lowest BCUT2D eigenvalue weighted by molar-refractivity contribution is 0.118. The monoisotopic (exact) mass is 195 g/mol. The van der Waals surface area contributed by atoms with Gasteiger partial charge in [0.05, 0.1) is 6.10 Å². The SMILES string of the molecule is OC1CCC2CN(C3CCCC3)CC12. The highest BCUT2D eigenvalue weighted by Gasteiger charge is 2.43. The molecule has 0 aromatic heterocycles. The summed E-state index contributed by atoms with van der Waals surface area (Å²) in [6.45, 7) is 2.48. The number of hydrogen-bond donors (Lipinski definition) is 1. The Labute approximate surface area is 86.3 Å². The van der Waals surface area contributed by atoms with E-state index in [9.17, 15) is 5.11 Å². The van der Waals surface area contributed by atoms with E-state index in [1.807, 2.05) is 0 Å². The zero-order valence-corrected chi connectivity index (χ0v) is 8.86. The highest BCUT2D eigenvalue weighted by atomic mass is 16.3. The molecule has 3 unspecified atom stereocenters. The fourth-order valence-electron chi connectivity index (χ4n) is 3.84. The molecule has 0 bridgehead atoms. The molecule has 2 heteroatoms. The summed E-state index contributed by atoms with van der Waals surface area (Å²) in [5, 5.41) is 9.83. The maximum absolute atomic E-state index is 9.83. The molecular weight excluding hydrogens is 174 g/mol. The maximum atomic E-state index is 9.83. The van der Waals surface area contributed by atoms with Gasteiger partial charge in [0.15, 0.2) is 0 Å². The molecule has 0 aromatic rings. The van der Waals surface area contributed by atoms with Gasteiger partial charge in [-0.3, -0.25) is 4.90 Å². The molecule has 0 spiro atoms. The second-order valence-corrected chi connectivity index (χ2v) is 5.46. The first-order valence-corrected chi connectivity index (χ1v) is 6.27. The normalized spacial score (nSPS) is 44.8. The highest BCUT2D eigenvalue weighted by Crippen LogP contribution is 2.40. The fourth-order valence-corrected chi connectivity index (χ4v) is 3.84. The summed E-state index contributed by atoms with van der Waals surface area (Å²) in [6.07, 6.45) is 8.04. The van der Waals surface area contributed by atoms with Crippen molar-refractivity contribution in [3.8, 4) is 0 Å². The smallest absolute Gasteiger partial charge is 0.0583 e. The summed E-state index contributed by atoms with van der Waals surface area (Å²) < 4.78 is 0. The van der Waals surface area contributed by atoms with Crippen LogP contribution in [0.4, 0.5) is 0 Å². The number of aliphatic hydroxyl groups excluding tert-OH is 1. The van der Waals surface area contributed by atoms with Crippen molar-refractivity contribution < 1.29 is 5.11 Å². The van der Waals surface area contributed by atoms with E-state index in [0.717, 1.165) is 18.4 Å². The van der Waals surface area contributed by atoms with Gasteiger partial charge < -0.3 is 5.11 Å². The van der Waals surface area contributed by atoms with E-state index in [4.69, 9.17) is 0 Å². The zero-order valence-electron chi connectivity index (χ0n) is 8.86. The first-order chi connectivity index (χ1) is 6.84. The average Bonchev–Trinajstić information content (AvgIpc) is 2.83. The Bertz CT molecular complexity index is 212. The van der Waals surface area contributed by atoms with Crippen LogP contribution >= 0.6 is 0 Å². The summed E-state index contributed by atoms with van der Waals surface area (Å²) >= 11 is 0. The van der Waals surface area contributed by atoms with Crippen molar-refractivity contribution in [2.75, 3.05) is 13.1 Å². The van der Waals surface area contributed by atoms with Crippen LogP contribution in [0.2, 0.25) is 0 Å². The molecule has 1 N–H and O–H groups in total. The topological polar surface area (TPSA) is 23.5 Å². The van der Waals surface area contributed by atoms with Crippen molar-refractivity contribution in [3.63, 3.8) is 0 Å². The molecule has 0 amide bonds. The van der Waals surface area contributed by atoms with Gasteiger partial charge in [-0.2, -0.15) is 0 Å². The molecule has 0 radical (unpaired) electrons. The molecule has 1 heterocycles. The number of fused-ring (bicyclic) bond motifs is 1. The third-order valence-electron chi connectivity index (χ3n) is 4.69. The Balaban J connectivity index is 1.64. The first kappa shape index (κ1) is 9.17. The van der Waals surface area contributed by atoms with Gasteiger partial charge in [-0.15, -0.1) is 0 Å². The maximum Gasteiger partial charge on any atom is 0.0583 e. The minimum absolute atomic E-state index is 0.0198. The van der Waals surface area contributed by atoms with Gasteiger partial charge in [0.25, 0.3) is 0 Å². The molecule has 3 rings (SSSR count). The Morgan fingerprint density at radius 1 is 0.929 bits per heavy atom. The number of hydrogen-bond acceptors (Lipinski definition) is 2. The summed E-state index contributed by atoms with van der Waals surface area (Å²) in [6, 6.07) is 0.868. The van der Waals surface area contributed by atoms with E-state index in [-0.39, 0.29) is 6.10 Å². The zero-order chi connectivity index (χ0) is 9.54. The van der Waals surface area contributed by atoms with Crippen LogP contribution in [0.25, 0.3) is 0 Å². The molecule has 3 atom stereocenters. The number of aliphatic hydroxyl groups is 1. The van der Waals surface area contributed by atoms with Gasteiger partial charge in [-0.1, -0.05) is 12.8 Å². The Hall–Kier alpha value is -0.0800. The number of likely N-dealkylation sites (tertiary alicyclic amines) is 1. The predicted octanol–water partition coefficient (Wildman–Crippen LogP) is 1.63. The Kier molecular flexibility index (Phi) is 2.29. The third-order valence-corrected chi connectivity index (χ3v) is 4.69. The van der Waals surface area contributed by atoms with Crippen molar-refractivity contribution in [3.05, 3.63) is 0 Å².